The molecule has 0 fully saturated rings. The smallest absolute Gasteiger partial charge is 0.221 e. The maximum atomic E-state index is 11.0. The molecule has 0 aromatic carbocycles. The molecular formula is C10H22N2O. The summed E-state index contributed by atoms with van der Waals surface area (Å²) < 4.78 is 0. The lowest BCUT2D eigenvalue weighted by Crippen LogP contribution is -2.34. The van der Waals surface area contributed by atoms with Gasteiger partial charge in [0.2, 0.25) is 5.91 Å². The number of carbonyl (C=O) groups excluding carboxylic acids is 1. The first kappa shape index (κ1) is 12.4. The van der Waals surface area contributed by atoms with Gasteiger partial charge in [-0.25, -0.2) is 0 Å². The van der Waals surface area contributed by atoms with Crippen LogP contribution < -0.4 is 10.6 Å². The van der Waals surface area contributed by atoms with Crippen molar-refractivity contribution in [3.05, 3.63) is 0 Å². The lowest BCUT2D eigenvalue weighted by Gasteiger charge is -2.16. The molecule has 3 heteroatoms. The van der Waals surface area contributed by atoms with Crippen LogP contribution in [0.3, 0.4) is 0 Å². The van der Waals surface area contributed by atoms with Crippen molar-refractivity contribution in [2.24, 2.45) is 5.92 Å². The van der Waals surface area contributed by atoms with Crippen molar-refractivity contribution in [1.82, 2.24) is 10.6 Å². The number of carbonyl (C=O) groups is 1. The normalized spacial score (nSPS) is 13.0. The van der Waals surface area contributed by atoms with E-state index in [9.17, 15) is 4.79 Å². The van der Waals surface area contributed by atoms with Crippen molar-refractivity contribution < 1.29 is 4.79 Å². The van der Waals surface area contributed by atoms with Gasteiger partial charge in [0.25, 0.3) is 0 Å². The van der Waals surface area contributed by atoms with Crippen LogP contribution in [0.1, 0.15) is 34.1 Å². The van der Waals surface area contributed by atoms with Gasteiger partial charge in [0.1, 0.15) is 0 Å². The molecule has 0 aromatic rings. The van der Waals surface area contributed by atoms with E-state index in [0.717, 1.165) is 13.1 Å². The topological polar surface area (TPSA) is 41.1 Å². The highest BCUT2D eigenvalue weighted by atomic mass is 16.1. The molecule has 0 heterocycles. The molecule has 0 aliphatic carbocycles. The molecule has 0 aromatic heterocycles. The van der Waals surface area contributed by atoms with E-state index < -0.39 is 0 Å². The molecule has 0 radical (unpaired) electrons. The average Bonchev–Trinajstić information content (AvgIpc) is 2.04. The lowest BCUT2D eigenvalue weighted by molar-refractivity contribution is -0.120. The third kappa shape index (κ3) is 6.58. The minimum atomic E-state index is 0.131. The van der Waals surface area contributed by atoms with E-state index in [-0.39, 0.29) is 5.91 Å². The zero-order valence-corrected chi connectivity index (χ0v) is 9.18. The highest BCUT2D eigenvalue weighted by Gasteiger charge is 2.06. The maximum Gasteiger partial charge on any atom is 0.221 e. The van der Waals surface area contributed by atoms with Gasteiger partial charge in [0, 0.05) is 25.6 Å². The predicted molar refractivity (Wildman–Crippen MR) is 55.6 cm³/mol. The molecule has 1 unspecified atom stereocenters. The average molecular weight is 186 g/mol. The van der Waals surface area contributed by atoms with Gasteiger partial charge in [-0.2, -0.15) is 0 Å². The van der Waals surface area contributed by atoms with Crippen molar-refractivity contribution in [3.8, 4) is 0 Å². The summed E-state index contributed by atoms with van der Waals surface area (Å²) in [6.07, 6.45) is 0.574. The maximum absolute atomic E-state index is 11.0. The molecule has 0 spiro atoms. The predicted octanol–water partition coefficient (Wildman–Crippen LogP) is 1.15. The molecular weight excluding hydrogens is 164 g/mol. The van der Waals surface area contributed by atoms with Crippen LogP contribution in [0.25, 0.3) is 0 Å². The molecule has 0 saturated carbocycles. The minimum absolute atomic E-state index is 0.131. The molecule has 1 amide bonds. The van der Waals surface area contributed by atoms with Crippen molar-refractivity contribution in [2.75, 3.05) is 13.1 Å². The Morgan fingerprint density at radius 3 is 2.38 bits per heavy atom. The van der Waals surface area contributed by atoms with Crippen molar-refractivity contribution in [2.45, 2.75) is 40.2 Å². The fraction of sp³-hybridized carbons (Fsp3) is 0.900. The van der Waals surface area contributed by atoms with Crippen molar-refractivity contribution >= 4 is 5.91 Å². The standard InChI is InChI=1S/C10H22N2O/c1-5-11-10(13)6-7-12-9(4)8(2)3/h8-9,12H,5-7H2,1-4H3,(H,11,13). The van der Waals surface area contributed by atoms with Crippen LogP contribution in [0.4, 0.5) is 0 Å². The van der Waals surface area contributed by atoms with Crippen LogP contribution in [0.15, 0.2) is 0 Å². The van der Waals surface area contributed by atoms with Gasteiger partial charge in [-0.3, -0.25) is 4.79 Å². The summed E-state index contributed by atoms with van der Waals surface area (Å²) in [6, 6.07) is 0.481. The highest BCUT2D eigenvalue weighted by Crippen LogP contribution is 1.98. The molecule has 78 valence electrons. The summed E-state index contributed by atoms with van der Waals surface area (Å²) in [7, 11) is 0. The fourth-order valence-electron chi connectivity index (χ4n) is 0.935. The highest BCUT2D eigenvalue weighted by molar-refractivity contribution is 5.75. The van der Waals surface area contributed by atoms with Crippen LogP contribution in [0.2, 0.25) is 0 Å². The number of nitrogens with one attached hydrogen (secondary N) is 2. The summed E-state index contributed by atoms with van der Waals surface area (Å²) in [5.74, 6) is 0.750. The Bertz CT molecular complexity index is 146. The van der Waals surface area contributed by atoms with Crippen molar-refractivity contribution in [1.29, 1.82) is 0 Å². The van der Waals surface area contributed by atoms with E-state index in [1.807, 2.05) is 6.92 Å². The van der Waals surface area contributed by atoms with Gasteiger partial charge in [-0.05, 0) is 19.8 Å². The second-order valence-electron chi connectivity index (χ2n) is 3.69. The van der Waals surface area contributed by atoms with E-state index >= 15 is 0 Å². The Morgan fingerprint density at radius 2 is 1.92 bits per heavy atom. The summed E-state index contributed by atoms with van der Waals surface area (Å²) in [5.41, 5.74) is 0. The number of amides is 1. The molecule has 0 saturated heterocycles. The number of hydrogen-bond acceptors (Lipinski definition) is 2. The molecule has 0 bridgehead atoms. The summed E-state index contributed by atoms with van der Waals surface area (Å²) in [6.45, 7) is 9.90. The van der Waals surface area contributed by atoms with E-state index in [4.69, 9.17) is 0 Å². The van der Waals surface area contributed by atoms with Gasteiger partial charge in [0.05, 0.1) is 0 Å². The number of rotatable bonds is 6. The van der Waals surface area contributed by atoms with Crippen LogP contribution in [-0.2, 0) is 4.79 Å². The Kier molecular flexibility index (Phi) is 6.59. The largest absolute Gasteiger partial charge is 0.356 e. The monoisotopic (exact) mass is 186 g/mol. The summed E-state index contributed by atoms with van der Waals surface area (Å²) in [5, 5.41) is 6.08. The number of hydrogen-bond donors (Lipinski definition) is 2. The quantitative estimate of drug-likeness (QED) is 0.653. The van der Waals surface area contributed by atoms with Gasteiger partial charge in [-0.15, -0.1) is 0 Å². The first-order valence-electron chi connectivity index (χ1n) is 5.08. The molecule has 3 nitrogen and oxygen atoms in total. The van der Waals surface area contributed by atoms with E-state index in [2.05, 4.69) is 31.4 Å². The van der Waals surface area contributed by atoms with Gasteiger partial charge >= 0.3 is 0 Å². The summed E-state index contributed by atoms with van der Waals surface area (Å²) in [4.78, 5) is 11.0. The SMILES string of the molecule is CCNC(=O)CCNC(C)C(C)C. The fourth-order valence-corrected chi connectivity index (χ4v) is 0.935. The third-order valence-corrected chi connectivity index (χ3v) is 2.19. The Hall–Kier alpha value is -0.570. The van der Waals surface area contributed by atoms with Crippen LogP contribution in [-0.4, -0.2) is 25.0 Å². The second-order valence-corrected chi connectivity index (χ2v) is 3.69. The summed E-state index contributed by atoms with van der Waals surface area (Å²) >= 11 is 0. The van der Waals surface area contributed by atoms with Gasteiger partial charge in [0.15, 0.2) is 0 Å². The van der Waals surface area contributed by atoms with Crippen molar-refractivity contribution in [3.63, 3.8) is 0 Å². The second kappa shape index (κ2) is 6.89. The molecule has 0 aliphatic heterocycles. The van der Waals surface area contributed by atoms with E-state index in [1.165, 1.54) is 0 Å². The zero-order valence-electron chi connectivity index (χ0n) is 9.18. The zero-order chi connectivity index (χ0) is 10.3. The third-order valence-electron chi connectivity index (χ3n) is 2.19. The lowest BCUT2D eigenvalue weighted by atomic mass is 10.1. The molecule has 0 aliphatic rings. The molecule has 13 heavy (non-hydrogen) atoms. The molecule has 0 rings (SSSR count). The first-order valence-corrected chi connectivity index (χ1v) is 5.08. The Balaban J connectivity index is 3.39. The molecule has 2 N–H and O–H groups in total. The minimum Gasteiger partial charge on any atom is -0.356 e. The van der Waals surface area contributed by atoms with Gasteiger partial charge < -0.3 is 10.6 Å². The Morgan fingerprint density at radius 1 is 1.31 bits per heavy atom. The first-order chi connectivity index (χ1) is 6.07. The van der Waals surface area contributed by atoms with E-state index in [0.29, 0.717) is 18.4 Å². The van der Waals surface area contributed by atoms with Crippen LogP contribution in [0, 0.1) is 5.92 Å². The van der Waals surface area contributed by atoms with Gasteiger partial charge in [-0.1, -0.05) is 13.8 Å². The Labute approximate surface area is 81.3 Å². The van der Waals surface area contributed by atoms with Crippen LogP contribution in [0.5, 0.6) is 0 Å². The van der Waals surface area contributed by atoms with Crippen LogP contribution >= 0.6 is 0 Å². The van der Waals surface area contributed by atoms with E-state index in [1.54, 1.807) is 0 Å². The molecule has 1 atom stereocenters.